The van der Waals surface area contributed by atoms with Crippen LogP contribution in [0.1, 0.15) is 10.6 Å². The van der Waals surface area contributed by atoms with Crippen molar-refractivity contribution in [2.45, 2.75) is 13.2 Å². The molecule has 2 heterocycles. The van der Waals surface area contributed by atoms with E-state index >= 15 is 0 Å². The molecule has 0 saturated carbocycles. The van der Waals surface area contributed by atoms with Crippen LogP contribution in [0.15, 0.2) is 36.7 Å². The highest BCUT2D eigenvalue weighted by atomic mass is 35.5. The van der Waals surface area contributed by atoms with Crippen molar-refractivity contribution in [3.05, 3.63) is 57.5 Å². The quantitative estimate of drug-likeness (QED) is 0.732. The van der Waals surface area contributed by atoms with E-state index < -0.39 is 5.82 Å². The average Bonchev–Trinajstić information content (AvgIpc) is 3.13. The molecule has 0 saturated heterocycles. The van der Waals surface area contributed by atoms with Gasteiger partial charge in [-0.15, -0.1) is 11.3 Å². The summed E-state index contributed by atoms with van der Waals surface area (Å²) in [5, 5.41) is 7.16. The first-order valence-electron chi connectivity index (χ1n) is 6.85. The number of rotatable bonds is 6. The van der Waals surface area contributed by atoms with Gasteiger partial charge >= 0.3 is 0 Å². The summed E-state index contributed by atoms with van der Waals surface area (Å²) in [5.41, 5.74) is 1.54. The largest absolute Gasteiger partial charge is 0.484 e. The van der Waals surface area contributed by atoms with E-state index in [2.05, 4.69) is 15.4 Å². The van der Waals surface area contributed by atoms with Crippen molar-refractivity contribution in [3.8, 4) is 5.75 Å². The lowest BCUT2D eigenvalue weighted by molar-refractivity contribution is 0.280. The fourth-order valence-electron chi connectivity index (χ4n) is 1.98. The van der Waals surface area contributed by atoms with E-state index in [4.69, 9.17) is 16.3 Å². The number of anilines is 1. The van der Waals surface area contributed by atoms with Crippen molar-refractivity contribution >= 4 is 28.6 Å². The van der Waals surface area contributed by atoms with Gasteiger partial charge in [-0.2, -0.15) is 5.10 Å². The number of aryl methyl sites for hydroxylation is 1. The molecule has 2 aromatic heterocycles. The van der Waals surface area contributed by atoms with Crippen molar-refractivity contribution in [3.63, 3.8) is 0 Å². The molecule has 0 spiro atoms. The maximum absolute atomic E-state index is 14.1. The molecule has 3 aromatic rings. The molecular formula is C15H14ClFN4OS. The molecule has 120 valence electrons. The summed E-state index contributed by atoms with van der Waals surface area (Å²) in [4.78, 5) is 4.94. The van der Waals surface area contributed by atoms with Gasteiger partial charge in [0, 0.05) is 36.1 Å². The van der Waals surface area contributed by atoms with Gasteiger partial charge < -0.3 is 10.1 Å². The second-order valence-electron chi connectivity index (χ2n) is 4.81. The maximum atomic E-state index is 14.1. The molecule has 23 heavy (non-hydrogen) atoms. The minimum Gasteiger partial charge on any atom is -0.484 e. The summed E-state index contributed by atoms with van der Waals surface area (Å²) in [6.45, 7) is 0.804. The summed E-state index contributed by atoms with van der Waals surface area (Å²) in [5.74, 6) is -0.211. The fourth-order valence-corrected chi connectivity index (χ4v) is 2.89. The summed E-state index contributed by atoms with van der Waals surface area (Å²) < 4.78 is 21.8. The number of hydrogen-bond donors (Lipinski definition) is 1. The predicted octanol–water partition coefficient (Wildman–Crippen LogP) is 3.86. The van der Waals surface area contributed by atoms with E-state index in [9.17, 15) is 4.39 Å². The molecule has 3 rings (SSSR count). The molecule has 8 heteroatoms. The molecule has 0 unspecified atom stereocenters. The Morgan fingerprint density at radius 1 is 1.39 bits per heavy atom. The second kappa shape index (κ2) is 6.97. The Bertz CT molecular complexity index is 804. The minimum atomic E-state index is -0.417. The topological polar surface area (TPSA) is 52.0 Å². The lowest BCUT2D eigenvalue weighted by Crippen LogP contribution is -2.04. The van der Waals surface area contributed by atoms with E-state index in [1.807, 2.05) is 13.1 Å². The second-order valence-corrected chi connectivity index (χ2v) is 6.51. The van der Waals surface area contributed by atoms with Crippen LogP contribution in [-0.4, -0.2) is 14.8 Å². The first-order valence-corrected chi connectivity index (χ1v) is 8.04. The van der Waals surface area contributed by atoms with Gasteiger partial charge in [-0.1, -0.05) is 11.6 Å². The van der Waals surface area contributed by atoms with E-state index in [1.54, 1.807) is 29.2 Å². The van der Waals surface area contributed by atoms with Gasteiger partial charge in [0.15, 0.2) is 16.0 Å². The number of hydrogen-bond acceptors (Lipinski definition) is 5. The van der Waals surface area contributed by atoms with E-state index in [0.717, 1.165) is 10.6 Å². The number of nitrogens with zero attached hydrogens (tertiary/aromatic N) is 3. The molecule has 0 fully saturated rings. The monoisotopic (exact) mass is 352 g/mol. The summed E-state index contributed by atoms with van der Waals surface area (Å²) in [7, 11) is 1.81. The fraction of sp³-hybridized carbons (Fsp3) is 0.200. The SMILES string of the molecule is Cn1nccc1COc1ccc(NCc2cnc(Cl)s2)cc1F. The minimum absolute atomic E-state index is 0.206. The smallest absolute Gasteiger partial charge is 0.183 e. The van der Waals surface area contributed by atoms with Gasteiger partial charge in [-0.05, 0) is 18.2 Å². The van der Waals surface area contributed by atoms with Crippen LogP contribution in [0, 0.1) is 5.82 Å². The highest BCUT2D eigenvalue weighted by Crippen LogP contribution is 2.24. The standard InChI is InChI=1S/C15H14ClFN4OS/c1-21-11(4-5-20-21)9-22-14-3-2-10(6-13(14)17)18-7-12-8-19-15(16)23-12/h2-6,8,18H,7,9H2,1H3. The average molecular weight is 353 g/mol. The number of benzene rings is 1. The van der Waals surface area contributed by atoms with Crippen LogP contribution in [0.3, 0.4) is 0 Å². The normalized spacial score (nSPS) is 10.7. The van der Waals surface area contributed by atoms with Crippen LogP contribution < -0.4 is 10.1 Å². The lowest BCUT2D eigenvalue weighted by Gasteiger charge is -2.10. The summed E-state index contributed by atoms with van der Waals surface area (Å²) in [6.07, 6.45) is 3.37. The number of thiazole rings is 1. The Morgan fingerprint density at radius 3 is 2.91 bits per heavy atom. The van der Waals surface area contributed by atoms with Gasteiger partial charge in [-0.25, -0.2) is 9.37 Å². The third-order valence-corrected chi connectivity index (χ3v) is 4.34. The Kier molecular flexibility index (Phi) is 4.78. The molecule has 1 aromatic carbocycles. The Balaban J connectivity index is 1.60. The van der Waals surface area contributed by atoms with Crippen molar-refractivity contribution in [2.24, 2.45) is 7.05 Å². The summed E-state index contributed by atoms with van der Waals surface area (Å²) >= 11 is 7.16. The van der Waals surface area contributed by atoms with Crippen molar-refractivity contribution < 1.29 is 9.13 Å². The number of nitrogens with one attached hydrogen (secondary N) is 1. The molecule has 1 N–H and O–H groups in total. The van der Waals surface area contributed by atoms with Gasteiger partial charge in [0.2, 0.25) is 0 Å². The molecule has 0 atom stereocenters. The zero-order valence-electron chi connectivity index (χ0n) is 12.3. The third kappa shape index (κ3) is 4.00. The van der Waals surface area contributed by atoms with Crippen LogP contribution >= 0.6 is 22.9 Å². The number of halogens is 2. The van der Waals surface area contributed by atoms with Crippen LogP contribution in [0.25, 0.3) is 0 Å². The molecule has 0 aliphatic heterocycles. The first-order chi connectivity index (χ1) is 11.1. The zero-order valence-corrected chi connectivity index (χ0v) is 13.9. The molecule has 0 aliphatic rings. The first kappa shape index (κ1) is 15.8. The van der Waals surface area contributed by atoms with Crippen molar-refractivity contribution in [1.82, 2.24) is 14.8 Å². The zero-order chi connectivity index (χ0) is 16.2. The highest BCUT2D eigenvalue weighted by Gasteiger charge is 2.07. The summed E-state index contributed by atoms with van der Waals surface area (Å²) in [6, 6.07) is 6.60. The Labute approximate surface area is 141 Å². The van der Waals surface area contributed by atoms with E-state index in [1.165, 1.54) is 17.4 Å². The third-order valence-electron chi connectivity index (χ3n) is 3.22. The maximum Gasteiger partial charge on any atom is 0.183 e. The van der Waals surface area contributed by atoms with Gasteiger partial charge in [0.25, 0.3) is 0 Å². The Hall–Kier alpha value is -2.12. The molecule has 0 bridgehead atoms. The molecule has 0 radical (unpaired) electrons. The molecule has 5 nitrogen and oxygen atoms in total. The Morgan fingerprint density at radius 2 is 2.26 bits per heavy atom. The van der Waals surface area contributed by atoms with Crippen LogP contribution in [-0.2, 0) is 20.2 Å². The van der Waals surface area contributed by atoms with Crippen LogP contribution in [0.5, 0.6) is 5.75 Å². The number of ether oxygens (including phenoxy) is 1. The number of aromatic nitrogens is 3. The van der Waals surface area contributed by atoms with Gasteiger partial charge in [0.05, 0.1) is 12.2 Å². The molecular weight excluding hydrogens is 339 g/mol. The van der Waals surface area contributed by atoms with Gasteiger partial charge in [0.1, 0.15) is 6.61 Å². The van der Waals surface area contributed by atoms with E-state index in [-0.39, 0.29) is 12.4 Å². The molecule has 0 aliphatic carbocycles. The van der Waals surface area contributed by atoms with Crippen LogP contribution in [0.2, 0.25) is 4.47 Å². The highest BCUT2D eigenvalue weighted by molar-refractivity contribution is 7.15. The van der Waals surface area contributed by atoms with E-state index in [0.29, 0.717) is 16.7 Å². The lowest BCUT2D eigenvalue weighted by atomic mass is 10.3. The van der Waals surface area contributed by atoms with Crippen molar-refractivity contribution in [1.29, 1.82) is 0 Å². The molecule has 0 amide bonds. The van der Waals surface area contributed by atoms with Crippen LogP contribution in [0.4, 0.5) is 10.1 Å². The van der Waals surface area contributed by atoms with Crippen molar-refractivity contribution in [2.75, 3.05) is 5.32 Å². The predicted molar refractivity (Wildman–Crippen MR) is 88.4 cm³/mol. The van der Waals surface area contributed by atoms with Gasteiger partial charge in [-0.3, -0.25) is 4.68 Å².